The molecule has 0 spiro atoms. The van der Waals surface area contributed by atoms with E-state index in [2.05, 4.69) is 38.7 Å². The number of para-hydroxylation sites is 1. The summed E-state index contributed by atoms with van der Waals surface area (Å²) < 4.78 is 7.13. The van der Waals surface area contributed by atoms with Crippen LogP contribution in [0.3, 0.4) is 0 Å². The molecule has 2 aromatic rings. The van der Waals surface area contributed by atoms with E-state index >= 15 is 0 Å². The lowest BCUT2D eigenvalue weighted by Crippen LogP contribution is -2.39. The van der Waals surface area contributed by atoms with Gasteiger partial charge in [0.25, 0.3) is 0 Å². The van der Waals surface area contributed by atoms with Crippen LogP contribution >= 0.6 is 11.8 Å². The SMILES string of the molecule is CN=C(NCc1ncnn1C)NCC(C)CSc1ccccc1OC. The van der Waals surface area contributed by atoms with Crippen molar-refractivity contribution in [3.05, 3.63) is 36.4 Å². The van der Waals surface area contributed by atoms with Gasteiger partial charge in [-0.15, -0.1) is 11.8 Å². The van der Waals surface area contributed by atoms with Gasteiger partial charge in [0.1, 0.15) is 17.9 Å². The molecule has 2 N–H and O–H groups in total. The van der Waals surface area contributed by atoms with E-state index < -0.39 is 0 Å². The number of ether oxygens (including phenoxy) is 1. The van der Waals surface area contributed by atoms with Crippen LogP contribution in [0.25, 0.3) is 0 Å². The fraction of sp³-hybridized carbons (Fsp3) is 0.471. The summed E-state index contributed by atoms with van der Waals surface area (Å²) >= 11 is 1.81. The Morgan fingerprint density at radius 2 is 2.16 bits per heavy atom. The molecule has 7 nitrogen and oxygen atoms in total. The van der Waals surface area contributed by atoms with Gasteiger partial charge < -0.3 is 15.4 Å². The molecule has 0 radical (unpaired) electrons. The van der Waals surface area contributed by atoms with Crippen LogP contribution in [0.15, 0.2) is 40.5 Å². The number of benzene rings is 1. The number of hydrogen-bond acceptors (Lipinski definition) is 5. The Bertz CT molecular complexity index is 687. The Balaban J connectivity index is 1.74. The summed E-state index contributed by atoms with van der Waals surface area (Å²) in [7, 11) is 5.34. The van der Waals surface area contributed by atoms with Gasteiger partial charge in [-0.05, 0) is 18.1 Å². The third-order valence-corrected chi connectivity index (χ3v) is 5.04. The zero-order valence-corrected chi connectivity index (χ0v) is 16.0. The number of thioether (sulfide) groups is 1. The van der Waals surface area contributed by atoms with E-state index in [1.165, 1.54) is 4.90 Å². The third-order valence-electron chi connectivity index (χ3n) is 3.65. The second-order valence-corrected chi connectivity index (χ2v) is 6.74. The number of aromatic nitrogens is 3. The molecule has 2 rings (SSSR count). The minimum absolute atomic E-state index is 0.475. The maximum absolute atomic E-state index is 5.39. The van der Waals surface area contributed by atoms with Gasteiger partial charge in [-0.2, -0.15) is 5.10 Å². The largest absolute Gasteiger partial charge is 0.496 e. The highest BCUT2D eigenvalue weighted by Crippen LogP contribution is 2.29. The summed E-state index contributed by atoms with van der Waals surface area (Å²) in [6.07, 6.45) is 1.55. The van der Waals surface area contributed by atoms with E-state index in [0.29, 0.717) is 12.5 Å². The Morgan fingerprint density at radius 3 is 2.84 bits per heavy atom. The van der Waals surface area contributed by atoms with E-state index in [1.54, 1.807) is 36.9 Å². The highest BCUT2D eigenvalue weighted by Gasteiger charge is 2.08. The van der Waals surface area contributed by atoms with Crippen molar-refractivity contribution in [3.8, 4) is 5.75 Å². The number of nitrogens with zero attached hydrogens (tertiary/aromatic N) is 4. The predicted octanol–water partition coefficient (Wildman–Crippen LogP) is 1.92. The van der Waals surface area contributed by atoms with E-state index in [-0.39, 0.29) is 0 Å². The van der Waals surface area contributed by atoms with Crippen molar-refractivity contribution in [2.24, 2.45) is 18.0 Å². The molecule has 8 heteroatoms. The Kier molecular flexibility index (Phi) is 7.59. The van der Waals surface area contributed by atoms with Crippen molar-refractivity contribution >= 4 is 17.7 Å². The number of aryl methyl sites for hydroxylation is 1. The molecule has 0 aliphatic rings. The fourth-order valence-corrected chi connectivity index (χ4v) is 3.21. The van der Waals surface area contributed by atoms with Gasteiger partial charge in [0.2, 0.25) is 0 Å². The number of methoxy groups -OCH3 is 1. The molecule has 0 fully saturated rings. The molecule has 0 amide bonds. The number of aliphatic imine (C=N–C) groups is 1. The Hall–Kier alpha value is -2.22. The van der Waals surface area contributed by atoms with Crippen LogP contribution in [0.1, 0.15) is 12.7 Å². The lowest BCUT2D eigenvalue weighted by Gasteiger charge is -2.16. The zero-order valence-electron chi connectivity index (χ0n) is 15.2. The first-order chi connectivity index (χ1) is 12.1. The van der Waals surface area contributed by atoms with Crippen LogP contribution < -0.4 is 15.4 Å². The summed E-state index contributed by atoms with van der Waals surface area (Å²) in [6, 6.07) is 8.10. The molecular formula is C17H26N6OS. The van der Waals surface area contributed by atoms with Gasteiger partial charge in [-0.25, -0.2) is 4.98 Å². The molecule has 1 atom stereocenters. The van der Waals surface area contributed by atoms with Crippen molar-refractivity contribution < 1.29 is 4.74 Å². The first-order valence-electron chi connectivity index (χ1n) is 8.17. The van der Waals surface area contributed by atoms with E-state index in [9.17, 15) is 0 Å². The smallest absolute Gasteiger partial charge is 0.191 e. The average Bonchev–Trinajstić information content (AvgIpc) is 3.05. The molecule has 0 aliphatic carbocycles. The topological polar surface area (TPSA) is 76.4 Å². The maximum Gasteiger partial charge on any atom is 0.191 e. The van der Waals surface area contributed by atoms with E-state index in [4.69, 9.17) is 4.74 Å². The quantitative estimate of drug-likeness (QED) is 0.424. The highest BCUT2D eigenvalue weighted by molar-refractivity contribution is 7.99. The summed E-state index contributed by atoms with van der Waals surface area (Å²) in [4.78, 5) is 9.60. The molecule has 0 saturated carbocycles. The minimum atomic E-state index is 0.475. The maximum atomic E-state index is 5.39. The van der Waals surface area contributed by atoms with Gasteiger partial charge in [0, 0.05) is 31.3 Å². The van der Waals surface area contributed by atoms with Gasteiger partial charge in [-0.1, -0.05) is 19.1 Å². The van der Waals surface area contributed by atoms with Crippen molar-refractivity contribution in [2.75, 3.05) is 26.5 Å². The van der Waals surface area contributed by atoms with Crippen LogP contribution in [0.4, 0.5) is 0 Å². The number of rotatable bonds is 8. The fourth-order valence-electron chi connectivity index (χ4n) is 2.16. The predicted molar refractivity (Wildman–Crippen MR) is 102 cm³/mol. The van der Waals surface area contributed by atoms with Crippen LogP contribution in [-0.4, -0.2) is 47.2 Å². The molecule has 0 saturated heterocycles. The molecule has 136 valence electrons. The minimum Gasteiger partial charge on any atom is -0.496 e. The molecule has 25 heavy (non-hydrogen) atoms. The molecule has 1 aromatic heterocycles. The number of nitrogens with one attached hydrogen (secondary N) is 2. The summed E-state index contributed by atoms with van der Waals surface area (Å²) in [5.41, 5.74) is 0. The Morgan fingerprint density at radius 1 is 1.36 bits per heavy atom. The van der Waals surface area contributed by atoms with Gasteiger partial charge in [0.05, 0.1) is 13.7 Å². The van der Waals surface area contributed by atoms with Crippen molar-refractivity contribution in [1.29, 1.82) is 0 Å². The molecule has 0 bridgehead atoms. The van der Waals surface area contributed by atoms with Crippen molar-refractivity contribution in [1.82, 2.24) is 25.4 Å². The van der Waals surface area contributed by atoms with Gasteiger partial charge >= 0.3 is 0 Å². The number of hydrogen-bond donors (Lipinski definition) is 2. The lowest BCUT2D eigenvalue weighted by molar-refractivity contribution is 0.405. The normalized spacial score (nSPS) is 12.7. The monoisotopic (exact) mass is 362 g/mol. The van der Waals surface area contributed by atoms with Crippen LogP contribution in [-0.2, 0) is 13.6 Å². The molecule has 1 heterocycles. The van der Waals surface area contributed by atoms with Gasteiger partial charge in [0.15, 0.2) is 5.96 Å². The van der Waals surface area contributed by atoms with Crippen LogP contribution in [0.2, 0.25) is 0 Å². The summed E-state index contributed by atoms with van der Waals surface area (Å²) in [6.45, 7) is 3.63. The van der Waals surface area contributed by atoms with E-state index in [1.807, 2.05) is 25.2 Å². The third kappa shape index (κ3) is 5.97. The van der Waals surface area contributed by atoms with Crippen LogP contribution in [0.5, 0.6) is 5.75 Å². The van der Waals surface area contributed by atoms with Gasteiger partial charge in [-0.3, -0.25) is 9.67 Å². The summed E-state index contributed by atoms with van der Waals surface area (Å²) in [5.74, 6) is 4.02. The zero-order chi connectivity index (χ0) is 18.1. The lowest BCUT2D eigenvalue weighted by atomic mass is 10.2. The number of guanidine groups is 1. The highest BCUT2D eigenvalue weighted by atomic mass is 32.2. The molecule has 1 unspecified atom stereocenters. The first-order valence-corrected chi connectivity index (χ1v) is 9.15. The Labute approximate surface area is 153 Å². The van der Waals surface area contributed by atoms with E-state index in [0.717, 1.165) is 29.8 Å². The molecule has 0 aliphatic heterocycles. The van der Waals surface area contributed by atoms with Crippen LogP contribution in [0, 0.1) is 5.92 Å². The molecule has 1 aromatic carbocycles. The second-order valence-electron chi connectivity index (χ2n) is 5.67. The second kappa shape index (κ2) is 9.93. The average molecular weight is 363 g/mol. The standard InChI is InChI=1S/C17H26N6OS/c1-13(11-25-15-8-6-5-7-14(15)24-4)9-19-17(18-2)20-10-16-21-12-22-23(16)3/h5-8,12-13H,9-11H2,1-4H3,(H2,18,19,20). The van der Waals surface area contributed by atoms with Crippen molar-refractivity contribution in [2.45, 2.75) is 18.4 Å². The first kappa shape index (κ1) is 19.1. The molecular weight excluding hydrogens is 336 g/mol. The summed E-state index contributed by atoms with van der Waals surface area (Å²) in [5, 5.41) is 10.7. The van der Waals surface area contributed by atoms with Crippen molar-refractivity contribution in [3.63, 3.8) is 0 Å².